The van der Waals surface area contributed by atoms with Crippen LogP contribution in [0.15, 0.2) is 46.8 Å². The Morgan fingerprint density at radius 1 is 1.17 bits per heavy atom. The third-order valence-corrected chi connectivity index (χ3v) is 7.77. The van der Waals surface area contributed by atoms with Crippen LogP contribution in [0.3, 0.4) is 0 Å². The van der Waals surface area contributed by atoms with Crippen molar-refractivity contribution < 1.29 is 22.7 Å². The number of aromatic nitrogens is 1. The SMILES string of the molecule is O=C(Nc1ccc2scnc2c1)C1CCN(S(=O)(=O)c2ccc3c(c2)OCO3)C1. The Bertz CT molecular complexity index is 1210. The number of fused-ring (bicyclic) bond motifs is 2. The molecule has 2 aliphatic heterocycles. The highest BCUT2D eigenvalue weighted by molar-refractivity contribution is 7.89. The fourth-order valence-corrected chi connectivity index (χ4v) is 5.70. The molecule has 10 heteroatoms. The minimum atomic E-state index is -3.71. The molecule has 1 fully saturated rings. The molecule has 0 bridgehead atoms. The highest BCUT2D eigenvalue weighted by Crippen LogP contribution is 2.35. The molecule has 1 unspecified atom stereocenters. The summed E-state index contributed by atoms with van der Waals surface area (Å²) in [5.41, 5.74) is 3.24. The van der Waals surface area contributed by atoms with Gasteiger partial charge in [0.2, 0.25) is 22.7 Å². The zero-order valence-electron chi connectivity index (χ0n) is 15.2. The van der Waals surface area contributed by atoms with Crippen LogP contribution in [0.5, 0.6) is 11.5 Å². The number of benzene rings is 2. The van der Waals surface area contributed by atoms with Crippen molar-refractivity contribution in [3.05, 3.63) is 41.9 Å². The first kappa shape index (κ1) is 18.3. The molecule has 2 aromatic carbocycles. The van der Waals surface area contributed by atoms with Crippen LogP contribution in [0, 0.1) is 5.92 Å². The first-order valence-electron chi connectivity index (χ1n) is 9.05. The Labute approximate surface area is 171 Å². The second-order valence-electron chi connectivity index (χ2n) is 6.89. The summed E-state index contributed by atoms with van der Waals surface area (Å²) in [4.78, 5) is 17.0. The molecule has 0 aliphatic carbocycles. The van der Waals surface area contributed by atoms with Crippen LogP contribution < -0.4 is 14.8 Å². The van der Waals surface area contributed by atoms with Crippen LogP contribution in [0.25, 0.3) is 10.2 Å². The van der Waals surface area contributed by atoms with Crippen LogP contribution in [-0.2, 0) is 14.8 Å². The molecular formula is C19H17N3O5S2. The predicted octanol–water partition coefficient (Wildman–Crippen LogP) is 2.67. The van der Waals surface area contributed by atoms with Gasteiger partial charge < -0.3 is 14.8 Å². The minimum absolute atomic E-state index is 0.0808. The maximum Gasteiger partial charge on any atom is 0.243 e. The summed E-state index contributed by atoms with van der Waals surface area (Å²) in [6.45, 7) is 0.513. The van der Waals surface area contributed by atoms with Gasteiger partial charge in [0, 0.05) is 24.8 Å². The van der Waals surface area contributed by atoms with E-state index >= 15 is 0 Å². The van der Waals surface area contributed by atoms with E-state index < -0.39 is 15.9 Å². The molecule has 1 atom stereocenters. The van der Waals surface area contributed by atoms with E-state index in [4.69, 9.17) is 9.47 Å². The van der Waals surface area contributed by atoms with E-state index in [2.05, 4.69) is 10.3 Å². The zero-order chi connectivity index (χ0) is 20.0. The van der Waals surface area contributed by atoms with E-state index in [1.165, 1.54) is 27.8 Å². The molecular weight excluding hydrogens is 414 g/mol. The molecule has 1 amide bonds. The number of nitrogens with one attached hydrogen (secondary N) is 1. The lowest BCUT2D eigenvalue weighted by molar-refractivity contribution is -0.119. The van der Waals surface area contributed by atoms with Crippen molar-refractivity contribution in [1.82, 2.24) is 9.29 Å². The van der Waals surface area contributed by atoms with E-state index in [0.29, 0.717) is 30.2 Å². The van der Waals surface area contributed by atoms with Gasteiger partial charge in [-0.25, -0.2) is 13.4 Å². The van der Waals surface area contributed by atoms with Gasteiger partial charge in [0.05, 0.1) is 26.5 Å². The van der Waals surface area contributed by atoms with Gasteiger partial charge in [-0.05, 0) is 36.8 Å². The number of nitrogens with zero attached hydrogens (tertiary/aromatic N) is 2. The van der Waals surface area contributed by atoms with Crippen LogP contribution in [0.2, 0.25) is 0 Å². The molecule has 5 rings (SSSR count). The molecule has 0 saturated carbocycles. The lowest BCUT2D eigenvalue weighted by Crippen LogP contribution is -2.31. The summed E-state index contributed by atoms with van der Waals surface area (Å²) in [6, 6.07) is 10.1. The van der Waals surface area contributed by atoms with Crippen molar-refractivity contribution in [3.63, 3.8) is 0 Å². The summed E-state index contributed by atoms with van der Waals surface area (Å²) < 4.78 is 38.8. The smallest absolute Gasteiger partial charge is 0.243 e. The highest BCUT2D eigenvalue weighted by atomic mass is 32.2. The van der Waals surface area contributed by atoms with E-state index in [1.807, 2.05) is 18.2 Å². The molecule has 2 aliphatic rings. The maximum absolute atomic E-state index is 13.0. The average molecular weight is 431 g/mol. The zero-order valence-corrected chi connectivity index (χ0v) is 16.8. The Kier molecular flexibility index (Phi) is 4.41. The fourth-order valence-electron chi connectivity index (χ4n) is 3.53. The van der Waals surface area contributed by atoms with Crippen molar-refractivity contribution in [3.8, 4) is 11.5 Å². The minimum Gasteiger partial charge on any atom is -0.454 e. The topological polar surface area (TPSA) is 97.8 Å². The van der Waals surface area contributed by atoms with E-state index in [1.54, 1.807) is 11.6 Å². The van der Waals surface area contributed by atoms with Gasteiger partial charge in [0.15, 0.2) is 11.5 Å². The second kappa shape index (κ2) is 6.97. The van der Waals surface area contributed by atoms with Gasteiger partial charge in [-0.1, -0.05) is 0 Å². The Morgan fingerprint density at radius 3 is 2.93 bits per heavy atom. The average Bonchev–Trinajstić information content (AvgIpc) is 3.46. The van der Waals surface area contributed by atoms with Crippen LogP contribution in [-0.4, -0.2) is 43.5 Å². The number of rotatable bonds is 4. The lowest BCUT2D eigenvalue weighted by Gasteiger charge is -2.17. The molecule has 29 heavy (non-hydrogen) atoms. The summed E-state index contributed by atoms with van der Waals surface area (Å²) in [7, 11) is -3.71. The van der Waals surface area contributed by atoms with Gasteiger partial charge in [-0.2, -0.15) is 4.31 Å². The maximum atomic E-state index is 13.0. The predicted molar refractivity (Wildman–Crippen MR) is 108 cm³/mol. The molecule has 3 heterocycles. The van der Waals surface area contributed by atoms with Crippen molar-refractivity contribution >= 4 is 43.2 Å². The molecule has 8 nitrogen and oxygen atoms in total. The molecule has 3 aromatic rings. The Hall–Kier alpha value is -2.69. The number of hydrogen-bond acceptors (Lipinski definition) is 7. The molecule has 0 radical (unpaired) electrons. The number of anilines is 1. The summed E-state index contributed by atoms with van der Waals surface area (Å²) in [5.74, 6) is 0.338. The monoisotopic (exact) mass is 431 g/mol. The number of ether oxygens (including phenoxy) is 2. The number of amides is 1. The second-order valence-corrected chi connectivity index (χ2v) is 9.71. The first-order valence-corrected chi connectivity index (χ1v) is 11.4. The Morgan fingerprint density at radius 2 is 2.03 bits per heavy atom. The van der Waals surface area contributed by atoms with Gasteiger partial charge in [0.25, 0.3) is 0 Å². The number of thiazole rings is 1. The van der Waals surface area contributed by atoms with E-state index in [0.717, 1.165) is 10.2 Å². The largest absolute Gasteiger partial charge is 0.454 e. The van der Waals surface area contributed by atoms with Crippen molar-refractivity contribution in [2.75, 3.05) is 25.2 Å². The highest BCUT2D eigenvalue weighted by Gasteiger charge is 2.36. The normalized spacial score (nSPS) is 19.0. The standard InChI is InChI=1S/C19H17N3O5S2/c23-19(21-13-1-4-18-15(7-13)20-10-28-18)12-5-6-22(9-12)29(24,25)14-2-3-16-17(8-14)27-11-26-16/h1-4,7-8,10,12H,5-6,9,11H2,(H,21,23). The molecule has 1 saturated heterocycles. The first-order chi connectivity index (χ1) is 14.0. The number of carbonyl (C=O) groups excluding carboxylic acids is 1. The number of sulfonamides is 1. The third kappa shape index (κ3) is 3.33. The molecule has 1 aromatic heterocycles. The summed E-state index contributed by atoms with van der Waals surface area (Å²) in [5, 5.41) is 2.88. The fraction of sp³-hybridized carbons (Fsp3) is 0.263. The van der Waals surface area contributed by atoms with Crippen LogP contribution in [0.4, 0.5) is 5.69 Å². The Balaban J connectivity index is 1.29. The van der Waals surface area contributed by atoms with Crippen LogP contribution in [0.1, 0.15) is 6.42 Å². The summed E-state index contributed by atoms with van der Waals surface area (Å²) >= 11 is 1.53. The van der Waals surface area contributed by atoms with Crippen molar-refractivity contribution in [1.29, 1.82) is 0 Å². The van der Waals surface area contributed by atoms with E-state index in [-0.39, 0.29) is 24.1 Å². The van der Waals surface area contributed by atoms with Crippen molar-refractivity contribution in [2.24, 2.45) is 5.92 Å². The van der Waals surface area contributed by atoms with Gasteiger partial charge >= 0.3 is 0 Å². The number of carbonyl (C=O) groups is 1. The van der Waals surface area contributed by atoms with Gasteiger partial charge in [-0.15, -0.1) is 11.3 Å². The number of hydrogen-bond donors (Lipinski definition) is 1. The van der Waals surface area contributed by atoms with Gasteiger partial charge in [-0.3, -0.25) is 4.79 Å². The van der Waals surface area contributed by atoms with Gasteiger partial charge in [0.1, 0.15) is 0 Å². The lowest BCUT2D eigenvalue weighted by atomic mass is 10.1. The summed E-state index contributed by atoms with van der Waals surface area (Å²) in [6.07, 6.45) is 0.467. The molecule has 1 N–H and O–H groups in total. The van der Waals surface area contributed by atoms with Crippen LogP contribution >= 0.6 is 11.3 Å². The van der Waals surface area contributed by atoms with E-state index in [9.17, 15) is 13.2 Å². The molecule has 0 spiro atoms. The quantitative estimate of drug-likeness (QED) is 0.682. The third-order valence-electron chi connectivity index (χ3n) is 5.10. The van der Waals surface area contributed by atoms with Crippen molar-refractivity contribution in [2.45, 2.75) is 11.3 Å². The molecule has 150 valence electrons.